The number of halogens is 1. The molecule has 1 fully saturated rings. The fourth-order valence-corrected chi connectivity index (χ4v) is 2.03. The Labute approximate surface area is 105 Å². The number of nitrogens with one attached hydrogen (secondary N) is 2. The Morgan fingerprint density at radius 1 is 1.41 bits per heavy atom. The van der Waals surface area contributed by atoms with Crippen LogP contribution in [0.25, 0.3) is 0 Å². The highest BCUT2D eigenvalue weighted by Gasteiger charge is 2.28. The summed E-state index contributed by atoms with van der Waals surface area (Å²) in [6.07, 6.45) is 0.0336. The molecule has 0 aromatic heterocycles. The van der Waals surface area contributed by atoms with Gasteiger partial charge in [-0.1, -0.05) is 11.6 Å². The van der Waals surface area contributed by atoms with Gasteiger partial charge in [0.05, 0.1) is 12.1 Å². The Bertz CT molecular complexity index is 394. The molecule has 0 bridgehead atoms. The van der Waals surface area contributed by atoms with E-state index in [4.69, 9.17) is 16.3 Å². The molecular weight excluding hydrogens is 240 g/mol. The summed E-state index contributed by atoms with van der Waals surface area (Å²) < 4.78 is 5.28. The monoisotopic (exact) mass is 254 g/mol. The number of ether oxygens (including phenoxy) is 1. The van der Waals surface area contributed by atoms with Crippen LogP contribution in [0.15, 0.2) is 24.3 Å². The second kappa shape index (κ2) is 5.49. The van der Waals surface area contributed by atoms with E-state index in [2.05, 4.69) is 10.6 Å². The normalized spacial score (nSPS) is 23.6. The minimum Gasteiger partial charge on any atom is -0.378 e. The van der Waals surface area contributed by atoms with Crippen LogP contribution in [0.4, 0.5) is 0 Å². The second-order valence-electron chi connectivity index (χ2n) is 4.02. The van der Waals surface area contributed by atoms with Gasteiger partial charge in [0.15, 0.2) is 0 Å². The minimum absolute atomic E-state index is 0.0168. The number of benzene rings is 1. The second-order valence-corrected chi connectivity index (χ2v) is 4.46. The zero-order valence-electron chi connectivity index (χ0n) is 9.57. The molecule has 2 N–H and O–H groups in total. The molecular formula is C12H15ClN2O2. The van der Waals surface area contributed by atoms with Gasteiger partial charge in [-0.05, 0) is 24.3 Å². The molecule has 1 amide bonds. The molecule has 1 unspecified atom stereocenters. The Morgan fingerprint density at radius 3 is 2.76 bits per heavy atom. The first kappa shape index (κ1) is 12.4. The number of amides is 1. The molecule has 4 nitrogen and oxygen atoms in total. The number of carbonyl (C=O) groups excluding carboxylic acids is 1. The van der Waals surface area contributed by atoms with Gasteiger partial charge in [0, 0.05) is 30.8 Å². The standard InChI is InChI=1S/C12H15ClN2O2/c1-17-11-7-14-6-10(11)15-12(16)8-2-4-9(13)5-3-8/h2-5,10-11,14H,6-7H2,1H3,(H,15,16)/t10?,11-/m1/s1. The summed E-state index contributed by atoms with van der Waals surface area (Å²) in [5.41, 5.74) is 0.608. The lowest BCUT2D eigenvalue weighted by molar-refractivity contribution is 0.0780. The minimum atomic E-state index is -0.0996. The van der Waals surface area contributed by atoms with Crippen molar-refractivity contribution in [2.24, 2.45) is 0 Å². The Balaban J connectivity index is 1.99. The Kier molecular flexibility index (Phi) is 3.99. The van der Waals surface area contributed by atoms with Crippen molar-refractivity contribution in [3.63, 3.8) is 0 Å². The summed E-state index contributed by atoms with van der Waals surface area (Å²) in [6.45, 7) is 1.50. The van der Waals surface area contributed by atoms with E-state index in [1.54, 1.807) is 31.4 Å². The molecule has 1 aliphatic rings. The lowest BCUT2D eigenvalue weighted by Crippen LogP contribution is -2.43. The Hall–Kier alpha value is -1.10. The van der Waals surface area contributed by atoms with Crippen molar-refractivity contribution in [3.8, 4) is 0 Å². The van der Waals surface area contributed by atoms with Crippen LogP contribution in [0.3, 0.4) is 0 Å². The molecule has 1 heterocycles. The van der Waals surface area contributed by atoms with Crippen LogP contribution < -0.4 is 10.6 Å². The van der Waals surface area contributed by atoms with Gasteiger partial charge in [-0.2, -0.15) is 0 Å². The predicted octanol–water partition coefficient (Wildman–Crippen LogP) is 1.06. The molecule has 17 heavy (non-hydrogen) atoms. The maximum absolute atomic E-state index is 11.9. The maximum atomic E-state index is 11.9. The fraction of sp³-hybridized carbons (Fsp3) is 0.417. The molecule has 0 spiro atoms. The number of rotatable bonds is 3. The van der Waals surface area contributed by atoms with E-state index in [1.807, 2.05) is 0 Å². The third-order valence-electron chi connectivity index (χ3n) is 2.88. The van der Waals surface area contributed by atoms with Crippen molar-refractivity contribution in [2.75, 3.05) is 20.2 Å². The van der Waals surface area contributed by atoms with E-state index in [1.165, 1.54) is 0 Å². The van der Waals surface area contributed by atoms with Crippen molar-refractivity contribution in [1.29, 1.82) is 0 Å². The largest absolute Gasteiger partial charge is 0.378 e. The third kappa shape index (κ3) is 2.97. The van der Waals surface area contributed by atoms with E-state index in [9.17, 15) is 4.79 Å². The summed E-state index contributed by atoms with van der Waals surface area (Å²) in [5.74, 6) is -0.0996. The van der Waals surface area contributed by atoms with Crippen LogP contribution in [0.5, 0.6) is 0 Å². The molecule has 1 saturated heterocycles. The van der Waals surface area contributed by atoms with Gasteiger partial charge in [-0.3, -0.25) is 4.79 Å². The quantitative estimate of drug-likeness (QED) is 0.848. The maximum Gasteiger partial charge on any atom is 0.251 e. The van der Waals surface area contributed by atoms with Crippen LogP contribution in [-0.2, 0) is 4.74 Å². The van der Waals surface area contributed by atoms with Crippen LogP contribution >= 0.6 is 11.6 Å². The van der Waals surface area contributed by atoms with Gasteiger partial charge in [0.1, 0.15) is 0 Å². The van der Waals surface area contributed by atoms with Gasteiger partial charge in [0.25, 0.3) is 5.91 Å². The first-order valence-electron chi connectivity index (χ1n) is 5.50. The predicted molar refractivity (Wildman–Crippen MR) is 66.4 cm³/mol. The van der Waals surface area contributed by atoms with Crippen LogP contribution in [0.1, 0.15) is 10.4 Å². The van der Waals surface area contributed by atoms with Crippen LogP contribution in [0, 0.1) is 0 Å². The molecule has 2 atom stereocenters. The van der Waals surface area contributed by atoms with Gasteiger partial charge < -0.3 is 15.4 Å². The zero-order chi connectivity index (χ0) is 12.3. The molecule has 0 saturated carbocycles. The van der Waals surface area contributed by atoms with Gasteiger partial charge in [-0.25, -0.2) is 0 Å². The van der Waals surface area contributed by atoms with E-state index in [-0.39, 0.29) is 18.1 Å². The van der Waals surface area contributed by atoms with Crippen molar-refractivity contribution in [1.82, 2.24) is 10.6 Å². The molecule has 2 rings (SSSR count). The van der Waals surface area contributed by atoms with E-state index < -0.39 is 0 Å². The van der Waals surface area contributed by atoms with Gasteiger partial charge >= 0.3 is 0 Å². The summed E-state index contributed by atoms with van der Waals surface area (Å²) in [4.78, 5) is 11.9. The molecule has 5 heteroatoms. The number of hydrogen-bond acceptors (Lipinski definition) is 3. The topological polar surface area (TPSA) is 50.4 Å². The SMILES string of the molecule is CO[C@@H]1CNCC1NC(=O)c1ccc(Cl)cc1. The number of hydrogen-bond donors (Lipinski definition) is 2. The summed E-state index contributed by atoms with van der Waals surface area (Å²) >= 11 is 5.77. The average Bonchev–Trinajstić information content (AvgIpc) is 2.77. The Morgan fingerprint density at radius 2 is 2.12 bits per heavy atom. The van der Waals surface area contributed by atoms with Crippen molar-refractivity contribution < 1.29 is 9.53 Å². The fourth-order valence-electron chi connectivity index (χ4n) is 1.90. The highest BCUT2D eigenvalue weighted by molar-refractivity contribution is 6.30. The highest BCUT2D eigenvalue weighted by atomic mass is 35.5. The first-order chi connectivity index (χ1) is 8.20. The number of carbonyl (C=O) groups is 1. The lowest BCUT2D eigenvalue weighted by Gasteiger charge is -2.18. The average molecular weight is 255 g/mol. The smallest absolute Gasteiger partial charge is 0.251 e. The molecule has 1 aliphatic heterocycles. The molecule has 1 aromatic carbocycles. The van der Waals surface area contributed by atoms with Crippen molar-refractivity contribution >= 4 is 17.5 Å². The van der Waals surface area contributed by atoms with E-state index in [0.29, 0.717) is 10.6 Å². The first-order valence-corrected chi connectivity index (χ1v) is 5.88. The molecule has 0 aliphatic carbocycles. The van der Waals surface area contributed by atoms with Crippen molar-refractivity contribution in [3.05, 3.63) is 34.9 Å². The molecule has 0 radical (unpaired) electrons. The summed E-state index contributed by atoms with van der Waals surface area (Å²) in [7, 11) is 1.65. The van der Waals surface area contributed by atoms with E-state index in [0.717, 1.165) is 13.1 Å². The van der Waals surface area contributed by atoms with Crippen LogP contribution in [0.2, 0.25) is 5.02 Å². The van der Waals surface area contributed by atoms with Crippen molar-refractivity contribution in [2.45, 2.75) is 12.1 Å². The highest BCUT2D eigenvalue weighted by Crippen LogP contribution is 2.10. The van der Waals surface area contributed by atoms with E-state index >= 15 is 0 Å². The summed E-state index contributed by atoms with van der Waals surface area (Å²) in [5, 5.41) is 6.75. The van der Waals surface area contributed by atoms with Gasteiger partial charge in [-0.15, -0.1) is 0 Å². The lowest BCUT2D eigenvalue weighted by atomic mass is 10.1. The molecule has 1 aromatic rings. The molecule has 92 valence electrons. The van der Waals surface area contributed by atoms with Gasteiger partial charge in [0.2, 0.25) is 0 Å². The number of methoxy groups -OCH3 is 1. The zero-order valence-corrected chi connectivity index (χ0v) is 10.3. The third-order valence-corrected chi connectivity index (χ3v) is 3.14. The summed E-state index contributed by atoms with van der Waals surface area (Å²) in [6, 6.07) is 6.85. The van der Waals surface area contributed by atoms with Crippen LogP contribution in [-0.4, -0.2) is 38.3 Å².